The van der Waals surface area contributed by atoms with E-state index in [0.717, 1.165) is 17.0 Å². The fraction of sp³-hybridized carbons (Fsp3) is 0.300. The van der Waals surface area contributed by atoms with Crippen LogP contribution in [0.4, 0.5) is 0 Å². The van der Waals surface area contributed by atoms with Crippen molar-refractivity contribution in [2.45, 2.75) is 24.1 Å². The number of rotatable bonds is 5. The minimum Gasteiger partial charge on any atom is -0.248 e. The van der Waals surface area contributed by atoms with E-state index in [1.54, 1.807) is 11.6 Å². The van der Waals surface area contributed by atoms with Gasteiger partial charge < -0.3 is 0 Å². The van der Waals surface area contributed by atoms with Crippen molar-refractivity contribution in [1.82, 2.24) is 9.71 Å². The van der Waals surface area contributed by atoms with Crippen molar-refractivity contribution < 1.29 is 8.42 Å². The van der Waals surface area contributed by atoms with E-state index in [4.69, 9.17) is 0 Å². The largest absolute Gasteiger partial charge is 0.250 e. The standard InChI is InChI=1S/C10H12N2O2S3/c1-2-9-3-4-10(16-9)17(13,14)12-5-8-6-15-7-11-8/h3-4,6-7,12H,2,5H2,1H3. The molecule has 2 rings (SSSR count). The van der Waals surface area contributed by atoms with Crippen LogP contribution in [0.15, 0.2) is 27.2 Å². The molecule has 0 aliphatic rings. The summed E-state index contributed by atoms with van der Waals surface area (Å²) >= 11 is 2.76. The van der Waals surface area contributed by atoms with E-state index >= 15 is 0 Å². The molecular weight excluding hydrogens is 276 g/mol. The summed E-state index contributed by atoms with van der Waals surface area (Å²) in [6, 6.07) is 3.49. The molecule has 0 unspecified atom stereocenters. The van der Waals surface area contributed by atoms with E-state index in [0.29, 0.717) is 4.21 Å². The first-order chi connectivity index (χ1) is 8.12. The molecular formula is C10H12N2O2S3. The minimum atomic E-state index is -3.39. The van der Waals surface area contributed by atoms with Crippen molar-refractivity contribution in [2.24, 2.45) is 0 Å². The highest BCUT2D eigenvalue weighted by Gasteiger charge is 2.16. The molecule has 0 fully saturated rings. The highest BCUT2D eigenvalue weighted by Crippen LogP contribution is 2.21. The van der Waals surface area contributed by atoms with Crippen molar-refractivity contribution in [3.63, 3.8) is 0 Å². The van der Waals surface area contributed by atoms with Crippen LogP contribution in [0.2, 0.25) is 0 Å². The van der Waals surface area contributed by atoms with Crippen LogP contribution in [-0.2, 0) is 23.0 Å². The van der Waals surface area contributed by atoms with Crippen LogP contribution in [-0.4, -0.2) is 13.4 Å². The van der Waals surface area contributed by atoms with Gasteiger partial charge in [-0.25, -0.2) is 18.1 Å². The van der Waals surface area contributed by atoms with Gasteiger partial charge in [0, 0.05) is 10.3 Å². The zero-order chi connectivity index (χ0) is 12.3. The first kappa shape index (κ1) is 12.7. The number of aryl methyl sites for hydroxylation is 1. The summed E-state index contributed by atoms with van der Waals surface area (Å²) in [6.07, 6.45) is 0.853. The van der Waals surface area contributed by atoms with Gasteiger partial charge in [-0.2, -0.15) is 0 Å². The molecule has 0 aliphatic carbocycles. The number of thiazole rings is 1. The number of hydrogen-bond donors (Lipinski definition) is 1. The van der Waals surface area contributed by atoms with E-state index < -0.39 is 10.0 Å². The van der Waals surface area contributed by atoms with Gasteiger partial charge in [-0.1, -0.05) is 6.92 Å². The maximum atomic E-state index is 11.9. The summed E-state index contributed by atoms with van der Waals surface area (Å²) in [5.41, 5.74) is 2.43. The third-order valence-corrected chi connectivity index (χ3v) is 5.94. The highest BCUT2D eigenvalue weighted by atomic mass is 32.2. The molecule has 92 valence electrons. The molecule has 17 heavy (non-hydrogen) atoms. The van der Waals surface area contributed by atoms with Crippen molar-refractivity contribution in [1.29, 1.82) is 0 Å². The van der Waals surface area contributed by atoms with Crippen LogP contribution < -0.4 is 4.72 Å². The van der Waals surface area contributed by atoms with Crippen LogP contribution in [0.5, 0.6) is 0 Å². The second kappa shape index (κ2) is 5.26. The summed E-state index contributed by atoms with van der Waals surface area (Å²) in [5.74, 6) is 0. The van der Waals surface area contributed by atoms with Crippen LogP contribution in [0.1, 0.15) is 17.5 Å². The molecule has 2 aromatic rings. The lowest BCUT2D eigenvalue weighted by molar-refractivity contribution is 0.583. The Morgan fingerprint density at radius 1 is 1.41 bits per heavy atom. The number of nitrogens with zero attached hydrogens (tertiary/aromatic N) is 1. The summed E-state index contributed by atoms with van der Waals surface area (Å²) in [7, 11) is -3.39. The van der Waals surface area contributed by atoms with Crippen LogP contribution in [0.25, 0.3) is 0 Å². The van der Waals surface area contributed by atoms with Gasteiger partial charge in [-0.15, -0.1) is 22.7 Å². The van der Waals surface area contributed by atoms with Crippen molar-refractivity contribution in [3.8, 4) is 0 Å². The Kier molecular flexibility index (Phi) is 3.93. The molecule has 7 heteroatoms. The zero-order valence-corrected chi connectivity index (χ0v) is 11.7. The minimum absolute atomic E-state index is 0.241. The lowest BCUT2D eigenvalue weighted by atomic mass is 10.4. The van der Waals surface area contributed by atoms with Gasteiger partial charge in [-0.3, -0.25) is 0 Å². The summed E-state index contributed by atoms with van der Waals surface area (Å²) in [4.78, 5) is 5.10. The molecule has 4 nitrogen and oxygen atoms in total. The summed E-state index contributed by atoms with van der Waals surface area (Å²) in [6.45, 7) is 2.25. The Morgan fingerprint density at radius 2 is 2.24 bits per heavy atom. The first-order valence-corrected chi connectivity index (χ1v) is 8.31. The van der Waals surface area contributed by atoms with Crippen LogP contribution in [0.3, 0.4) is 0 Å². The Hall–Kier alpha value is -0.760. The van der Waals surface area contributed by atoms with E-state index in [2.05, 4.69) is 9.71 Å². The lowest BCUT2D eigenvalue weighted by Crippen LogP contribution is -2.22. The average Bonchev–Trinajstić information content (AvgIpc) is 2.98. The molecule has 0 amide bonds. The molecule has 0 aromatic carbocycles. The second-order valence-electron chi connectivity index (χ2n) is 3.38. The Bertz CT molecular complexity index is 572. The van der Waals surface area contributed by atoms with Crippen molar-refractivity contribution in [3.05, 3.63) is 33.6 Å². The molecule has 0 saturated carbocycles. The quantitative estimate of drug-likeness (QED) is 0.918. The van der Waals surface area contributed by atoms with E-state index in [-0.39, 0.29) is 6.54 Å². The fourth-order valence-electron chi connectivity index (χ4n) is 1.26. The highest BCUT2D eigenvalue weighted by molar-refractivity contribution is 7.91. The monoisotopic (exact) mass is 288 g/mol. The van der Waals surface area contributed by atoms with E-state index in [1.165, 1.54) is 22.7 Å². The van der Waals surface area contributed by atoms with Crippen molar-refractivity contribution >= 4 is 32.7 Å². The van der Waals surface area contributed by atoms with Gasteiger partial charge in [0.1, 0.15) is 4.21 Å². The Balaban J connectivity index is 2.08. The normalized spacial score (nSPS) is 11.8. The number of sulfonamides is 1. The molecule has 0 spiro atoms. The van der Waals surface area contributed by atoms with Gasteiger partial charge >= 0.3 is 0 Å². The number of hydrogen-bond acceptors (Lipinski definition) is 5. The molecule has 2 heterocycles. The SMILES string of the molecule is CCc1ccc(S(=O)(=O)NCc2cscn2)s1. The van der Waals surface area contributed by atoms with Crippen molar-refractivity contribution in [2.75, 3.05) is 0 Å². The first-order valence-electron chi connectivity index (χ1n) is 5.07. The fourth-order valence-corrected chi connectivity index (χ4v) is 4.15. The molecule has 0 bridgehead atoms. The Labute approximate surface area is 108 Å². The average molecular weight is 288 g/mol. The van der Waals surface area contributed by atoms with Crippen LogP contribution >= 0.6 is 22.7 Å². The third kappa shape index (κ3) is 3.12. The van der Waals surface area contributed by atoms with Gasteiger partial charge in [0.15, 0.2) is 0 Å². The summed E-state index contributed by atoms with van der Waals surface area (Å²) < 4.78 is 26.8. The Morgan fingerprint density at radius 3 is 2.82 bits per heavy atom. The van der Waals surface area contributed by atoms with Gasteiger partial charge in [0.2, 0.25) is 10.0 Å². The number of aromatic nitrogens is 1. The molecule has 0 saturated heterocycles. The zero-order valence-electron chi connectivity index (χ0n) is 9.21. The molecule has 0 aliphatic heterocycles. The molecule has 2 aromatic heterocycles. The van der Waals surface area contributed by atoms with Gasteiger partial charge in [-0.05, 0) is 18.6 Å². The van der Waals surface area contributed by atoms with Gasteiger partial charge in [0.25, 0.3) is 0 Å². The number of thiophene rings is 1. The summed E-state index contributed by atoms with van der Waals surface area (Å²) in [5, 5.41) is 1.83. The van der Waals surface area contributed by atoms with E-state index in [1.807, 2.05) is 18.4 Å². The smallest absolute Gasteiger partial charge is 0.248 e. The third-order valence-electron chi connectivity index (χ3n) is 2.18. The second-order valence-corrected chi connectivity index (χ2v) is 7.26. The maximum absolute atomic E-state index is 11.9. The molecule has 0 atom stereocenters. The number of nitrogens with one attached hydrogen (secondary N) is 1. The topological polar surface area (TPSA) is 59.1 Å². The van der Waals surface area contributed by atoms with E-state index in [9.17, 15) is 8.42 Å². The predicted molar refractivity (Wildman–Crippen MR) is 69.8 cm³/mol. The lowest BCUT2D eigenvalue weighted by Gasteiger charge is -2.02. The molecule has 1 N–H and O–H groups in total. The van der Waals surface area contributed by atoms with Crippen LogP contribution in [0, 0.1) is 0 Å². The molecule has 0 radical (unpaired) electrons. The van der Waals surface area contributed by atoms with Gasteiger partial charge in [0.05, 0.1) is 17.7 Å². The maximum Gasteiger partial charge on any atom is 0.250 e. The predicted octanol–water partition coefficient (Wildman–Crippen LogP) is 2.25.